The van der Waals surface area contributed by atoms with Gasteiger partial charge in [-0.3, -0.25) is 19.8 Å². The number of allylic oxidation sites excluding steroid dienone is 1. The maximum absolute atomic E-state index is 13.8. The van der Waals surface area contributed by atoms with E-state index in [0.29, 0.717) is 18.7 Å². The first-order chi connectivity index (χ1) is 20.8. The van der Waals surface area contributed by atoms with E-state index in [-0.39, 0.29) is 45.7 Å². The van der Waals surface area contributed by atoms with Crippen LogP contribution >= 0.6 is 24.0 Å². The lowest BCUT2D eigenvalue weighted by molar-refractivity contribution is -0.384. The first-order valence-electron chi connectivity index (χ1n) is 14.6. The largest absolute Gasteiger partial charge is 0.477 e. The van der Waals surface area contributed by atoms with Gasteiger partial charge in [0.25, 0.3) is 5.69 Å². The second-order valence-corrected chi connectivity index (χ2v) is 19.1. The number of thioether (sulfide) groups is 1. The van der Waals surface area contributed by atoms with Crippen molar-refractivity contribution in [2.45, 2.75) is 76.9 Å². The highest BCUT2D eigenvalue weighted by atomic mass is 32.2. The number of thiocarbonyl (C=S) groups is 1. The summed E-state index contributed by atoms with van der Waals surface area (Å²) < 4.78 is 14.8. The quantitative estimate of drug-likeness (QED) is 0.0714. The van der Waals surface area contributed by atoms with E-state index in [0.717, 1.165) is 21.9 Å². The van der Waals surface area contributed by atoms with Crippen molar-refractivity contribution in [1.29, 1.82) is 0 Å². The van der Waals surface area contributed by atoms with E-state index in [1.165, 1.54) is 12.1 Å². The highest BCUT2D eigenvalue weighted by Gasteiger charge is 2.58. The second-order valence-electron chi connectivity index (χ2n) is 12.7. The van der Waals surface area contributed by atoms with Crippen molar-refractivity contribution in [2.24, 2.45) is 5.92 Å². The third kappa shape index (κ3) is 6.53. The van der Waals surface area contributed by atoms with Crippen molar-refractivity contribution in [2.75, 3.05) is 0 Å². The highest BCUT2D eigenvalue weighted by Crippen LogP contribution is 2.52. The number of fused-ring (bicyclic) bond motifs is 1. The fourth-order valence-corrected chi connectivity index (χ4v) is 8.56. The summed E-state index contributed by atoms with van der Waals surface area (Å²) >= 11 is 7.44. The van der Waals surface area contributed by atoms with E-state index in [1.54, 1.807) is 35.0 Å². The number of ether oxygens (including phenoxy) is 1. The number of aromatic nitrogens is 2. The zero-order valence-corrected chi connectivity index (χ0v) is 28.5. The molecule has 5 rings (SSSR count). The lowest BCUT2D eigenvalue weighted by Crippen LogP contribution is -2.62. The lowest BCUT2D eigenvalue weighted by atomic mass is 9.92. The Morgan fingerprint density at radius 3 is 2.45 bits per heavy atom. The van der Waals surface area contributed by atoms with Crippen LogP contribution in [0, 0.1) is 16.0 Å². The first-order valence-corrected chi connectivity index (χ1v) is 18.8. The van der Waals surface area contributed by atoms with Gasteiger partial charge in [-0.25, -0.2) is 4.98 Å². The number of rotatable bonds is 11. The molecule has 0 aliphatic carbocycles. The van der Waals surface area contributed by atoms with E-state index in [9.17, 15) is 14.9 Å². The molecule has 2 aliphatic heterocycles. The highest BCUT2D eigenvalue weighted by molar-refractivity contribution is 8.04. The van der Waals surface area contributed by atoms with Crippen LogP contribution in [0.3, 0.4) is 0 Å². The number of hydrogen-bond donors (Lipinski definition) is 0. The molecule has 3 aromatic rings. The Morgan fingerprint density at radius 2 is 1.82 bits per heavy atom. The summed E-state index contributed by atoms with van der Waals surface area (Å²) in [5.41, 5.74) is 2.52. The molecule has 232 valence electrons. The molecule has 1 fully saturated rings. The third-order valence-corrected chi connectivity index (χ3v) is 14.9. The van der Waals surface area contributed by atoms with Gasteiger partial charge < -0.3 is 13.7 Å². The van der Waals surface area contributed by atoms with E-state index < -0.39 is 13.2 Å². The van der Waals surface area contributed by atoms with E-state index in [1.807, 2.05) is 31.3 Å². The minimum Gasteiger partial charge on any atom is -0.477 e. The van der Waals surface area contributed by atoms with Crippen LogP contribution in [-0.4, -0.2) is 50.1 Å². The summed E-state index contributed by atoms with van der Waals surface area (Å²) in [5.74, 6) is 0.542. The maximum atomic E-state index is 13.8. The van der Waals surface area contributed by atoms with Gasteiger partial charge in [0, 0.05) is 42.4 Å². The number of nitrogens with zero attached hydrogens (tertiary/aromatic N) is 4. The molecule has 2 aromatic carbocycles. The number of β-lactam (4-membered cyclic amide) rings is 1. The summed E-state index contributed by atoms with van der Waals surface area (Å²) in [7, 11) is -2.10. The van der Waals surface area contributed by atoms with Crippen molar-refractivity contribution in [3.8, 4) is 0 Å². The Bertz CT molecular complexity index is 1580. The van der Waals surface area contributed by atoms with Crippen molar-refractivity contribution in [3.63, 3.8) is 0 Å². The smallest absolute Gasteiger partial charge is 0.269 e. The molecule has 0 radical (unpaired) electrons. The third-order valence-electron chi connectivity index (χ3n) is 8.67. The molecule has 44 heavy (non-hydrogen) atoms. The molecule has 0 saturated carbocycles. The molecule has 9 nitrogen and oxygen atoms in total. The summed E-state index contributed by atoms with van der Waals surface area (Å²) in [6.07, 6.45) is 4.00. The number of amides is 1. The molecule has 0 unspecified atom stereocenters. The first kappa shape index (κ1) is 32.1. The van der Waals surface area contributed by atoms with Gasteiger partial charge in [-0.15, -0.1) is 11.8 Å². The molecule has 0 N–H and O–H groups in total. The normalized spacial score (nSPS) is 19.0. The zero-order valence-electron chi connectivity index (χ0n) is 25.9. The number of non-ortho nitro benzene ring substituents is 1. The van der Waals surface area contributed by atoms with Crippen LogP contribution in [-0.2, 0) is 33.5 Å². The molecule has 2 aliphatic rings. The fraction of sp³-hybridized carbons (Fsp3) is 0.406. The van der Waals surface area contributed by atoms with Gasteiger partial charge in [-0.2, -0.15) is 0 Å². The number of nitro benzene ring substituents is 1. The van der Waals surface area contributed by atoms with Gasteiger partial charge in [0.1, 0.15) is 23.5 Å². The average Bonchev–Trinajstić information content (AvgIpc) is 3.53. The minimum atomic E-state index is -2.10. The monoisotopic (exact) mass is 650 g/mol. The standard InChI is InChI=1S/C32H38N4O5S2Si/c1-21(41-44(5,6)32(2,3)4)27-29(37)35-28(31(42)40-20-23-12-14-24(15-13-23)36(38)39)25(43-30(27)35)18-26-33-16-17-34(26)19-22-10-8-7-9-11-22/h7-17,21,27,30H,18-20H2,1-6H3/t21-,27+,30+/m0/s1. The number of nitro groups is 1. The Hall–Kier alpha value is -3.32. The van der Waals surface area contributed by atoms with Gasteiger partial charge in [0.2, 0.25) is 11.0 Å². The molecular weight excluding hydrogens is 613 g/mol. The number of carbonyl (C=O) groups excluding carboxylic acids is 1. The van der Waals surface area contributed by atoms with Gasteiger partial charge in [0.05, 0.1) is 16.9 Å². The number of carbonyl (C=O) groups is 1. The molecule has 1 saturated heterocycles. The summed E-state index contributed by atoms with van der Waals surface area (Å²) in [5, 5.41) is 11.1. The zero-order chi connectivity index (χ0) is 31.8. The molecule has 0 spiro atoms. The topological polar surface area (TPSA) is 99.7 Å². The Kier molecular flexibility index (Phi) is 9.18. The van der Waals surface area contributed by atoms with E-state index >= 15 is 0 Å². The second kappa shape index (κ2) is 12.6. The van der Waals surface area contributed by atoms with Gasteiger partial charge in [0.15, 0.2) is 8.32 Å². The van der Waals surface area contributed by atoms with Crippen molar-refractivity contribution in [1.82, 2.24) is 14.5 Å². The molecule has 12 heteroatoms. The average molecular weight is 651 g/mol. The Labute approximate surface area is 268 Å². The van der Waals surface area contributed by atoms with Crippen LogP contribution in [0.5, 0.6) is 0 Å². The van der Waals surface area contributed by atoms with E-state index in [4.69, 9.17) is 21.4 Å². The maximum Gasteiger partial charge on any atom is 0.269 e. The summed E-state index contributed by atoms with van der Waals surface area (Å²) in [4.78, 5) is 31.7. The van der Waals surface area contributed by atoms with E-state index in [2.05, 4.69) is 55.5 Å². The van der Waals surface area contributed by atoms with Crippen LogP contribution in [0.1, 0.15) is 44.6 Å². The van der Waals surface area contributed by atoms with Crippen LogP contribution < -0.4 is 0 Å². The van der Waals surface area contributed by atoms with Gasteiger partial charge in [-0.05, 0) is 60.5 Å². The molecular formula is C32H38N4O5S2Si. The Balaban J connectivity index is 1.39. The number of hydrogen-bond acceptors (Lipinski definition) is 8. The van der Waals surface area contributed by atoms with Crippen LogP contribution in [0.15, 0.2) is 77.6 Å². The van der Waals surface area contributed by atoms with Gasteiger partial charge in [-0.1, -0.05) is 51.1 Å². The minimum absolute atomic E-state index is 0.00798. The number of benzene rings is 2. The predicted octanol–water partition coefficient (Wildman–Crippen LogP) is 7.08. The van der Waals surface area contributed by atoms with Crippen LogP contribution in [0.25, 0.3) is 0 Å². The predicted molar refractivity (Wildman–Crippen MR) is 178 cm³/mol. The van der Waals surface area contributed by atoms with Crippen LogP contribution in [0.2, 0.25) is 18.1 Å². The lowest BCUT2D eigenvalue weighted by Gasteiger charge is -2.48. The Morgan fingerprint density at radius 1 is 1.14 bits per heavy atom. The molecule has 3 atom stereocenters. The van der Waals surface area contributed by atoms with Gasteiger partial charge >= 0.3 is 0 Å². The molecule has 1 aromatic heterocycles. The molecule has 1 amide bonds. The SMILES string of the molecule is C[C@H](O[Si](C)(C)C(C)(C)C)[C@@H]1C(=O)N2C(C(=S)OCc3ccc([N+](=O)[O-])cc3)=C(Cc3nccn3Cc3ccccc3)S[C@H]12. The summed E-state index contributed by atoms with van der Waals surface area (Å²) in [6.45, 7) is 13.8. The van der Waals surface area contributed by atoms with Crippen LogP contribution in [0.4, 0.5) is 5.69 Å². The van der Waals surface area contributed by atoms with Crippen molar-refractivity contribution < 1.29 is 18.9 Å². The fourth-order valence-electron chi connectivity index (χ4n) is 5.18. The van der Waals surface area contributed by atoms with Crippen molar-refractivity contribution >= 4 is 48.9 Å². The molecule has 3 heterocycles. The molecule has 0 bridgehead atoms. The number of imidazole rings is 1. The summed E-state index contributed by atoms with van der Waals surface area (Å²) in [6, 6.07) is 16.4. The van der Waals surface area contributed by atoms with Crippen molar-refractivity contribution in [3.05, 3.63) is 105 Å².